The minimum absolute atomic E-state index is 0.0173. The second-order valence-electron chi connectivity index (χ2n) is 11.7. The molecule has 196 valence electrons. The van der Waals surface area contributed by atoms with Gasteiger partial charge in [0.15, 0.2) is 0 Å². The number of hydrogen-bond acceptors (Lipinski definition) is 8. The zero-order valence-electron chi connectivity index (χ0n) is 22.5. The Bertz CT molecular complexity index is 1330. The summed E-state index contributed by atoms with van der Waals surface area (Å²) < 4.78 is 7.11. The largest absolute Gasteiger partial charge is 0.444 e. The highest BCUT2D eigenvalue weighted by Crippen LogP contribution is 2.56. The molecule has 2 atom stereocenters. The first-order valence-corrected chi connectivity index (χ1v) is 12.9. The van der Waals surface area contributed by atoms with Crippen molar-refractivity contribution in [1.82, 2.24) is 19.4 Å². The highest BCUT2D eigenvalue weighted by molar-refractivity contribution is 5.76. The van der Waals surface area contributed by atoms with Crippen LogP contribution in [0, 0.1) is 11.3 Å². The average molecular weight is 506 g/mol. The van der Waals surface area contributed by atoms with E-state index in [4.69, 9.17) is 9.72 Å². The van der Waals surface area contributed by atoms with Gasteiger partial charge in [0, 0.05) is 55.9 Å². The predicted molar refractivity (Wildman–Crippen MR) is 140 cm³/mol. The quantitative estimate of drug-likeness (QED) is 0.611. The smallest absolute Gasteiger partial charge is 0.410 e. The van der Waals surface area contributed by atoms with Crippen LogP contribution in [-0.4, -0.2) is 62.8 Å². The van der Waals surface area contributed by atoms with Crippen molar-refractivity contribution in [3.63, 3.8) is 0 Å². The Morgan fingerprint density at radius 3 is 2.49 bits per heavy atom. The van der Waals surface area contributed by atoms with Crippen molar-refractivity contribution < 1.29 is 9.53 Å². The summed E-state index contributed by atoms with van der Waals surface area (Å²) in [4.78, 5) is 41.5. The number of ether oxygens (including phenoxy) is 1. The lowest BCUT2D eigenvalue weighted by atomic mass is 9.66. The van der Waals surface area contributed by atoms with Crippen LogP contribution < -0.4 is 15.4 Å². The minimum atomic E-state index is -0.551. The molecule has 0 N–H and O–H groups in total. The van der Waals surface area contributed by atoms with Crippen LogP contribution in [0.2, 0.25) is 0 Å². The number of rotatable bonds is 2. The van der Waals surface area contributed by atoms with E-state index < -0.39 is 5.60 Å². The molecule has 1 amide bonds. The average Bonchev–Trinajstić information content (AvgIpc) is 3.17. The molecule has 2 aromatic rings. The Hall–Kier alpha value is -3.61. The summed E-state index contributed by atoms with van der Waals surface area (Å²) in [6, 6.07) is 3.78. The van der Waals surface area contributed by atoms with Gasteiger partial charge in [-0.1, -0.05) is 6.42 Å². The van der Waals surface area contributed by atoms with Gasteiger partial charge in [-0.25, -0.2) is 14.8 Å². The van der Waals surface area contributed by atoms with Gasteiger partial charge in [-0.3, -0.25) is 4.79 Å². The lowest BCUT2D eigenvalue weighted by Crippen LogP contribution is -2.59. The van der Waals surface area contributed by atoms with Crippen molar-refractivity contribution in [2.24, 2.45) is 7.05 Å². The predicted octanol–water partition coefficient (Wildman–Crippen LogP) is 3.45. The molecule has 1 spiro atoms. The summed E-state index contributed by atoms with van der Waals surface area (Å²) >= 11 is 0. The monoisotopic (exact) mass is 505 g/mol. The number of amides is 1. The van der Waals surface area contributed by atoms with Gasteiger partial charge in [0.2, 0.25) is 0 Å². The number of carbonyl (C=O) groups is 1. The molecule has 4 heterocycles. The fraction of sp³-hybridized carbons (Fsp3) is 0.593. The zero-order chi connectivity index (χ0) is 26.7. The standard InChI is InChI=1S/C27H35N7O3/c1-17-13-33(25(36)37-26(3,4)5)18(2)12-32(17)22-21-23(30-16-29-22)34(15-27(21)8-7-9-27)20-10-19(11-28)14-31(6)24(20)35/h10,14,16-18H,7-9,12-13,15H2,1-6H3/t17-,18+/m0/s1. The number of nitrogens with zero attached hydrogens (tertiary/aromatic N) is 7. The number of aromatic nitrogens is 3. The van der Waals surface area contributed by atoms with Gasteiger partial charge in [-0.2, -0.15) is 5.26 Å². The van der Waals surface area contributed by atoms with Crippen molar-refractivity contribution in [3.05, 3.63) is 40.1 Å². The number of piperazine rings is 1. The summed E-state index contributed by atoms with van der Waals surface area (Å²) in [5.41, 5.74) is 1.13. The molecule has 5 rings (SSSR count). The molecule has 37 heavy (non-hydrogen) atoms. The van der Waals surface area contributed by atoms with Crippen LogP contribution in [-0.2, 0) is 17.2 Å². The number of carbonyl (C=O) groups excluding carboxylic acids is 1. The summed E-state index contributed by atoms with van der Waals surface area (Å²) in [5, 5.41) is 9.51. The molecule has 2 aromatic heterocycles. The maximum atomic E-state index is 13.1. The molecule has 0 unspecified atom stereocenters. The van der Waals surface area contributed by atoms with Crippen molar-refractivity contribution in [2.75, 3.05) is 29.4 Å². The van der Waals surface area contributed by atoms with E-state index in [1.807, 2.05) is 32.6 Å². The van der Waals surface area contributed by atoms with Gasteiger partial charge < -0.3 is 24.0 Å². The van der Waals surface area contributed by atoms with Crippen molar-refractivity contribution in [3.8, 4) is 6.07 Å². The molecule has 2 aliphatic heterocycles. The zero-order valence-corrected chi connectivity index (χ0v) is 22.5. The Morgan fingerprint density at radius 2 is 1.86 bits per heavy atom. The van der Waals surface area contributed by atoms with E-state index in [2.05, 4.69) is 22.9 Å². The lowest BCUT2D eigenvalue weighted by Gasteiger charge is -2.46. The molecule has 0 radical (unpaired) electrons. The van der Waals surface area contributed by atoms with Crippen LogP contribution in [0.15, 0.2) is 23.4 Å². The van der Waals surface area contributed by atoms with E-state index in [1.165, 1.54) is 4.57 Å². The second-order valence-corrected chi connectivity index (χ2v) is 11.7. The number of fused-ring (bicyclic) bond motifs is 2. The Kier molecular flexibility index (Phi) is 5.93. The van der Waals surface area contributed by atoms with E-state index in [1.54, 1.807) is 30.5 Å². The van der Waals surface area contributed by atoms with Crippen LogP contribution in [0.1, 0.15) is 65.0 Å². The summed E-state index contributed by atoms with van der Waals surface area (Å²) in [7, 11) is 1.67. The summed E-state index contributed by atoms with van der Waals surface area (Å²) in [5.74, 6) is 1.62. The maximum Gasteiger partial charge on any atom is 0.410 e. The Labute approximate surface area is 217 Å². The molecule has 1 aliphatic carbocycles. The SMILES string of the molecule is C[C@@H]1CN(c2ncnc3c2C2(CCC2)CN3c2cc(C#N)cn(C)c2=O)[C@@H](C)CN1C(=O)OC(C)(C)C. The van der Waals surface area contributed by atoms with Gasteiger partial charge in [0.1, 0.15) is 35.3 Å². The van der Waals surface area contributed by atoms with Crippen LogP contribution in [0.4, 0.5) is 22.1 Å². The number of pyridine rings is 1. The topological polar surface area (TPSA) is 108 Å². The first-order valence-electron chi connectivity index (χ1n) is 12.9. The van der Waals surface area contributed by atoms with Crippen molar-refractivity contribution in [2.45, 2.75) is 77.0 Å². The van der Waals surface area contributed by atoms with Gasteiger partial charge in [0.05, 0.1) is 5.56 Å². The lowest BCUT2D eigenvalue weighted by molar-refractivity contribution is 0.0129. The van der Waals surface area contributed by atoms with Crippen LogP contribution >= 0.6 is 0 Å². The highest BCUT2D eigenvalue weighted by Gasteiger charge is 2.52. The molecule has 10 nitrogen and oxygen atoms in total. The number of aryl methyl sites for hydroxylation is 1. The number of hydrogen-bond donors (Lipinski definition) is 0. The molecule has 1 saturated heterocycles. The summed E-state index contributed by atoms with van der Waals surface area (Å²) in [6.07, 6.45) is 5.93. The van der Waals surface area contributed by atoms with Crippen molar-refractivity contribution >= 4 is 23.4 Å². The third-order valence-corrected chi connectivity index (χ3v) is 7.84. The minimum Gasteiger partial charge on any atom is -0.444 e. The third-order valence-electron chi connectivity index (χ3n) is 7.84. The Balaban J connectivity index is 1.53. The molecule has 3 aliphatic rings. The van der Waals surface area contributed by atoms with Gasteiger partial charge in [-0.05, 0) is 53.5 Å². The summed E-state index contributed by atoms with van der Waals surface area (Å²) in [6.45, 7) is 11.5. The van der Waals surface area contributed by atoms with Gasteiger partial charge >= 0.3 is 6.09 Å². The van der Waals surface area contributed by atoms with E-state index in [9.17, 15) is 14.9 Å². The highest BCUT2D eigenvalue weighted by atomic mass is 16.6. The van der Waals surface area contributed by atoms with Crippen LogP contribution in [0.3, 0.4) is 0 Å². The van der Waals surface area contributed by atoms with Gasteiger partial charge in [-0.15, -0.1) is 0 Å². The second kappa shape index (κ2) is 8.75. The van der Waals surface area contributed by atoms with E-state index in [-0.39, 0.29) is 29.2 Å². The molecular formula is C27H35N7O3. The molecule has 0 aromatic carbocycles. The molecular weight excluding hydrogens is 470 g/mol. The Morgan fingerprint density at radius 1 is 1.16 bits per heavy atom. The molecule has 1 saturated carbocycles. The first-order chi connectivity index (χ1) is 17.4. The first kappa shape index (κ1) is 25.1. The fourth-order valence-corrected chi connectivity index (χ4v) is 5.88. The third kappa shape index (κ3) is 4.20. The molecule has 2 fully saturated rings. The normalized spacial score (nSPS) is 22.5. The van der Waals surface area contributed by atoms with E-state index >= 15 is 0 Å². The fourth-order valence-electron chi connectivity index (χ4n) is 5.88. The molecule has 0 bridgehead atoms. The van der Waals surface area contributed by atoms with Crippen LogP contribution in [0.25, 0.3) is 0 Å². The number of nitriles is 1. The van der Waals surface area contributed by atoms with Gasteiger partial charge in [0.25, 0.3) is 5.56 Å². The van der Waals surface area contributed by atoms with Crippen LogP contribution in [0.5, 0.6) is 0 Å². The maximum absolute atomic E-state index is 13.1. The molecule has 10 heteroatoms. The van der Waals surface area contributed by atoms with E-state index in [0.29, 0.717) is 30.9 Å². The number of anilines is 3. The van der Waals surface area contributed by atoms with E-state index in [0.717, 1.165) is 36.5 Å². The van der Waals surface area contributed by atoms with Crippen molar-refractivity contribution in [1.29, 1.82) is 5.26 Å².